The predicted molar refractivity (Wildman–Crippen MR) is 76.0 cm³/mol. The van der Waals surface area contributed by atoms with Crippen LogP contribution < -0.4 is 5.73 Å². The summed E-state index contributed by atoms with van der Waals surface area (Å²) in [7, 11) is -1.42. The highest BCUT2D eigenvalue weighted by molar-refractivity contribution is 6.79. The average molecular weight is 233 g/mol. The van der Waals surface area contributed by atoms with Gasteiger partial charge in [-0.1, -0.05) is 69.4 Å². The van der Waals surface area contributed by atoms with E-state index in [2.05, 4.69) is 57.8 Å². The molecule has 0 unspecified atom stereocenters. The number of hydrogen-bond acceptors (Lipinski definition) is 1. The summed E-state index contributed by atoms with van der Waals surface area (Å²) in [5.74, 6) is 0. The van der Waals surface area contributed by atoms with E-state index in [0.29, 0.717) is 0 Å². The van der Waals surface area contributed by atoms with E-state index in [9.17, 15) is 0 Å². The molecule has 1 aromatic rings. The summed E-state index contributed by atoms with van der Waals surface area (Å²) in [4.78, 5) is 0. The van der Waals surface area contributed by atoms with Crippen molar-refractivity contribution in [3.63, 3.8) is 0 Å². The molecule has 0 aliphatic heterocycles. The van der Waals surface area contributed by atoms with Crippen LogP contribution in [0.1, 0.15) is 25.0 Å². The van der Waals surface area contributed by atoms with Gasteiger partial charge in [0.05, 0.1) is 8.07 Å². The number of rotatable bonds is 4. The highest BCUT2D eigenvalue weighted by Crippen LogP contribution is 2.22. The van der Waals surface area contributed by atoms with Gasteiger partial charge in [-0.25, -0.2) is 0 Å². The van der Waals surface area contributed by atoms with Crippen LogP contribution >= 0.6 is 0 Å². The monoisotopic (exact) mass is 233 g/mol. The van der Waals surface area contributed by atoms with Crippen molar-refractivity contribution in [1.82, 2.24) is 0 Å². The molecular formula is C14H23NSi. The minimum Gasteiger partial charge on any atom is -0.328 e. The Morgan fingerprint density at radius 2 is 1.75 bits per heavy atom. The van der Waals surface area contributed by atoms with E-state index in [-0.39, 0.29) is 5.16 Å². The van der Waals surface area contributed by atoms with Gasteiger partial charge in [0.25, 0.3) is 0 Å². The standard InChI is InChI=1S/C14H23NSi/c1-6-12-7-9-13(10-8-12)11-16(4,5)14(2,3)15/h6-10H,1,11,15H2,2-5H3. The lowest BCUT2D eigenvalue weighted by molar-refractivity contribution is 0.692. The second-order valence-corrected chi connectivity index (χ2v) is 11.1. The lowest BCUT2D eigenvalue weighted by Crippen LogP contribution is -2.58. The maximum absolute atomic E-state index is 6.26. The summed E-state index contributed by atoms with van der Waals surface area (Å²) in [6, 6.07) is 9.76. The van der Waals surface area contributed by atoms with Crippen LogP contribution in [-0.4, -0.2) is 13.2 Å². The largest absolute Gasteiger partial charge is 0.328 e. The zero-order chi connectivity index (χ0) is 12.4. The quantitative estimate of drug-likeness (QED) is 0.793. The molecule has 1 nitrogen and oxygen atoms in total. The number of nitrogens with two attached hydrogens (primary N) is 1. The van der Waals surface area contributed by atoms with Crippen LogP contribution in [0.5, 0.6) is 0 Å². The second kappa shape index (κ2) is 4.56. The van der Waals surface area contributed by atoms with E-state index in [0.717, 1.165) is 6.04 Å². The third-order valence-corrected chi connectivity index (χ3v) is 8.39. The summed E-state index contributed by atoms with van der Waals surface area (Å²) in [6.07, 6.45) is 1.87. The molecule has 0 bridgehead atoms. The molecule has 0 radical (unpaired) electrons. The Kier molecular flexibility index (Phi) is 3.76. The van der Waals surface area contributed by atoms with E-state index < -0.39 is 8.07 Å². The van der Waals surface area contributed by atoms with Crippen LogP contribution in [0.15, 0.2) is 30.8 Å². The van der Waals surface area contributed by atoms with E-state index in [1.807, 2.05) is 6.08 Å². The van der Waals surface area contributed by atoms with Crippen LogP contribution in [0.4, 0.5) is 0 Å². The van der Waals surface area contributed by atoms with Gasteiger partial charge in [0, 0.05) is 5.16 Å². The first-order valence-corrected chi connectivity index (χ1v) is 8.97. The van der Waals surface area contributed by atoms with Crippen molar-refractivity contribution in [2.24, 2.45) is 5.73 Å². The molecule has 16 heavy (non-hydrogen) atoms. The maximum atomic E-state index is 6.26. The SMILES string of the molecule is C=Cc1ccc(C[Si](C)(C)C(C)(C)N)cc1. The van der Waals surface area contributed by atoms with E-state index in [1.165, 1.54) is 11.1 Å². The molecule has 0 saturated carbocycles. The van der Waals surface area contributed by atoms with Crippen molar-refractivity contribution >= 4 is 14.1 Å². The lowest BCUT2D eigenvalue weighted by Gasteiger charge is -2.36. The number of hydrogen-bond donors (Lipinski definition) is 1. The third kappa shape index (κ3) is 3.06. The fourth-order valence-corrected chi connectivity index (χ4v) is 3.22. The van der Waals surface area contributed by atoms with Crippen LogP contribution in [0, 0.1) is 0 Å². The fourth-order valence-electron chi connectivity index (χ4n) is 1.51. The Hall–Kier alpha value is -0.863. The van der Waals surface area contributed by atoms with Gasteiger partial charge >= 0.3 is 0 Å². The molecule has 2 heteroatoms. The third-order valence-electron chi connectivity index (χ3n) is 3.61. The van der Waals surface area contributed by atoms with Gasteiger partial charge < -0.3 is 5.73 Å². The van der Waals surface area contributed by atoms with Gasteiger partial charge in [-0.15, -0.1) is 0 Å². The molecular weight excluding hydrogens is 210 g/mol. The summed E-state index contributed by atoms with van der Waals surface area (Å²) >= 11 is 0. The Bertz CT molecular complexity index is 357. The van der Waals surface area contributed by atoms with Gasteiger partial charge in [-0.3, -0.25) is 0 Å². The highest BCUT2D eigenvalue weighted by Gasteiger charge is 2.35. The van der Waals surface area contributed by atoms with Crippen molar-refractivity contribution < 1.29 is 0 Å². The topological polar surface area (TPSA) is 26.0 Å². The van der Waals surface area contributed by atoms with Crippen molar-refractivity contribution in [1.29, 1.82) is 0 Å². The molecule has 0 saturated heterocycles. The zero-order valence-electron chi connectivity index (χ0n) is 10.9. The Balaban J connectivity index is 2.84. The molecule has 0 heterocycles. The minimum atomic E-state index is -1.42. The summed E-state index contributed by atoms with van der Waals surface area (Å²) in [5.41, 5.74) is 8.83. The first-order chi connectivity index (χ1) is 7.26. The average Bonchev–Trinajstić information content (AvgIpc) is 2.16. The van der Waals surface area contributed by atoms with E-state index in [4.69, 9.17) is 5.73 Å². The molecule has 0 aliphatic rings. The number of benzene rings is 1. The Morgan fingerprint density at radius 1 is 1.25 bits per heavy atom. The van der Waals surface area contributed by atoms with Crippen molar-refractivity contribution in [2.75, 3.05) is 0 Å². The lowest BCUT2D eigenvalue weighted by atomic mass is 10.1. The summed E-state index contributed by atoms with van der Waals surface area (Å²) < 4.78 is 0. The van der Waals surface area contributed by atoms with Gasteiger partial charge in [0.15, 0.2) is 0 Å². The molecule has 0 atom stereocenters. The van der Waals surface area contributed by atoms with Crippen molar-refractivity contribution in [3.05, 3.63) is 42.0 Å². The van der Waals surface area contributed by atoms with Crippen LogP contribution in [-0.2, 0) is 6.04 Å². The van der Waals surface area contributed by atoms with E-state index >= 15 is 0 Å². The summed E-state index contributed by atoms with van der Waals surface area (Å²) in [6.45, 7) is 12.8. The molecule has 1 rings (SSSR count). The molecule has 88 valence electrons. The van der Waals surface area contributed by atoms with Crippen molar-refractivity contribution in [3.8, 4) is 0 Å². The fraction of sp³-hybridized carbons (Fsp3) is 0.429. The van der Waals surface area contributed by atoms with E-state index in [1.54, 1.807) is 0 Å². The second-order valence-electron chi connectivity index (χ2n) is 5.73. The molecule has 0 aromatic heterocycles. The predicted octanol–water partition coefficient (Wildman–Crippen LogP) is 3.40. The van der Waals surface area contributed by atoms with Crippen LogP contribution in [0.2, 0.25) is 13.1 Å². The summed E-state index contributed by atoms with van der Waals surface area (Å²) in [5, 5.41) is -0.0376. The normalized spacial score (nSPS) is 12.6. The first kappa shape index (κ1) is 13.2. The minimum absolute atomic E-state index is 0.0376. The van der Waals surface area contributed by atoms with Crippen molar-refractivity contribution in [2.45, 2.75) is 38.1 Å². The Morgan fingerprint density at radius 3 is 2.12 bits per heavy atom. The molecule has 2 N–H and O–H groups in total. The van der Waals surface area contributed by atoms with Gasteiger partial charge in [0.2, 0.25) is 0 Å². The zero-order valence-corrected chi connectivity index (χ0v) is 11.9. The Labute approximate surface area is 100 Å². The molecule has 0 aliphatic carbocycles. The van der Waals surface area contributed by atoms with Gasteiger partial charge in [-0.2, -0.15) is 0 Å². The smallest absolute Gasteiger partial charge is 0.0737 e. The molecule has 1 aromatic carbocycles. The van der Waals surface area contributed by atoms with Gasteiger partial charge in [-0.05, 0) is 11.6 Å². The van der Waals surface area contributed by atoms with Crippen LogP contribution in [0.3, 0.4) is 0 Å². The first-order valence-electron chi connectivity index (χ1n) is 5.76. The van der Waals surface area contributed by atoms with Crippen LogP contribution in [0.25, 0.3) is 6.08 Å². The highest BCUT2D eigenvalue weighted by atomic mass is 28.3. The molecule has 0 spiro atoms. The van der Waals surface area contributed by atoms with Gasteiger partial charge in [0.1, 0.15) is 0 Å². The molecule has 0 amide bonds. The molecule has 0 fully saturated rings. The maximum Gasteiger partial charge on any atom is 0.0737 e.